The molecule has 0 aliphatic heterocycles. The number of hydrogen-bond acceptors (Lipinski definition) is 3. The van der Waals surface area contributed by atoms with Gasteiger partial charge in [-0.15, -0.1) is 11.3 Å². The van der Waals surface area contributed by atoms with E-state index in [1.807, 2.05) is 12.3 Å². The van der Waals surface area contributed by atoms with Crippen LogP contribution >= 0.6 is 27.3 Å². The van der Waals surface area contributed by atoms with Crippen LogP contribution in [-0.4, -0.2) is 10.9 Å². The third-order valence-corrected chi connectivity index (χ3v) is 3.59. The Hall–Kier alpha value is -1.27. The van der Waals surface area contributed by atoms with Crippen molar-refractivity contribution >= 4 is 38.3 Å². The van der Waals surface area contributed by atoms with Crippen LogP contribution < -0.4 is 5.32 Å². The molecule has 6 heteroatoms. The van der Waals surface area contributed by atoms with Crippen molar-refractivity contribution in [3.8, 4) is 0 Å². The minimum absolute atomic E-state index is 0.0100. The maximum atomic E-state index is 13.5. The van der Waals surface area contributed by atoms with E-state index in [2.05, 4.69) is 26.2 Å². The average molecular weight is 329 g/mol. The van der Waals surface area contributed by atoms with E-state index in [4.69, 9.17) is 0 Å². The van der Waals surface area contributed by atoms with Crippen LogP contribution in [-0.2, 0) is 11.2 Å². The molecule has 0 saturated carbocycles. The lowest BCUT2D eigenvalue weighted by atomic mass is 10.1. The normalized spacial score (nSPS) is 10.4. The van der Waals surface area contributed by atoms with Gasteiger partial charge in [0.1, 0.15) is 5.82 Å². The van der Waals surface area contributed by atoms with Crippen molar-refractivity contribution in [1.29, 1.82) is 0 Å². The molecule has 0 aliphatic carbocycles. The zero-order chi connectivity index (χ0) is 13.1. The van der Waals surface area contributed by atoms with Gasteiger partial charge in [0.05, 0.1) is 12.1 Å². The number of carbonyl (C=O) groups excluding carboxylic acids is 1. The molecule has 0 saturated heterocycles. The van der Waals surface area contributed by atoms with Crippen molar-refractivity contribution < 1.29 is 9.18 Å². The fourth-order valence-electron chi connectivity index (χ4n) is 1.43. The van der Waals surface area contributed by atoms with Crippen molar-refractivity contribution in [3.05, 3.63) is 45.1 Å². The number of anilines is 1. The van der Waals surface area contributed by atoms with E-state index in [1.54, 1.807) is 12.1 Å². The molecular formula is C12H10BrFN2OS. The number of benzene rings is 1. The molecule has 1 aromatic heterocycles. The van der Waals surface area contributed by atoms with E-state index in [0.29, 0.717) is 10.7 Å². The molecule has 0 fully saturated rings. The van der Waals surface area contributed by atoms with Crippen LogP contribution in [0.25, 0.3) is 0 Å². The monoisotopic (exact) mass is 328 g/mol. The summed E-state index contributed by atoms with van der Waals surface area (Å²) in [6, 6.07) is 4.53. The van der Waals surface area contributed by atoms with Gasteiger partial charge in [-0.2, -0.15) is 0 Å². The predicted molar refractivity (Wildman–Crippen MR) is 73.3 cm³/mol. The van der Waals surface area contributed by atoms with E-state index >= 15 is 0 Å². The van der Waals surface area contributed by atoms with Crippen LogP contribution in [0.3, 0.4) is 0 Å². The van der Waals surface area contributed by atoms with Crippen LogP contribution in [0.5, 0.6) is 0 Å². The van der Waals surface area contributed by atoms with E-state index in [-0.39, 0.29) is 18.1 Å². The highest BCUT2D eigenvalue weighted by Crippen LogP contribution is 2.18. The number of rotatable bonds is 3. The van der Waals surface area contributed by atoms with Crippen LogP contribution in [0, 0.1) is 12.7 Å². The molecule has 94 valence electrons. The summed E-state index contributed by atoms with van der Waals surface area (Å²) in [4.78, 5) is 15.8. The second-order valence-electron chi connectivity index (χ2n) is 3.75. The summed E-state index contributed by atoms with van der Waals surface area (Å²) >= 11 is 4.60. The summed E-state index contributed by atoms with van der Waals surface area (Å²) in [5.74, 6) is -0.662. The highest BCUT2D eigenvalue weighted by molar-refractivity contribution is 9.10. The Kier molecular flexibility index (Phi) is 4.08. The lowest BCUT2D eigenvalue weighted by Gasteiger charge is -2.04. The highest BCUT2D eigenvalue weighted by atomic mass is 79.9. The fourth-order valence-corrected chi connectivity index (χ4v) is 2.54. The van der Waals surface area contributed by atoms with Gasteiger partial charge in [-0.1, -0.05) is 15.9 Å². The molecule has 1 aromatic carbocycles. The molecule has 0 bridgehead atoms. The minimum Gasteiger partial charge on any atom is -0.302 e. The molecule has 2 aromatic rings. The Morgan fingerprint density at radius 1 is 1.56 bits per heavy atom. The number of thiazole rings is 1. The number of amides is 1. The van der Waals surface area contributed by atoms with Gasteiger partial charge >= 0.3 is 0 Å². The van der Waals surface area contributed by atoms with Crippen molar-refractivity contribution in [3.63, 3.8) is 0 Å². The van der Waals surface area contributed by atoms with Gasteiger partial charge in [-0.25, -0.2) is 9.37 Å². The van der Waals surface area contributed by atoms with Crippen LogP contribution in [0.2, 0.25) is 0 Å². The first kappa shape index (κ1) is 13.2. The van der Waals surface area contributed by atoms with Gasteiger partial charge in [-0.05, 0) is 30.7 Å². The highest BCUT2D eigenvalue weighted by Gasteiger charge is 2.10. The molecule has 0 aliphatic rings. The fraction of sp³-hybridized carbons (Fsp3) is 0.167. The lowest BCUT2D eigenvalue weighted by Crippen LogP contribution is -2.15. The molecule has 0 unspecified atom stereocenters. The van der Waals surface area contributed by atoms with Crippen LogP contribution in [0.1, 0.15) is 11.3 Å². The zero-order valence-corrected chi connectivity index (χ0v) is 11.9. The Morgan fingerprint density at radius 3 is 3.00 bits per heavy atom. The van der Waals surface area contributed by atoms with E-state index in [1.165, 1.54) is 17.4 Å². The summed E-state index contributed by atoms with van der Waals surface area (Å²) in [6.45, 7) is 1.85. The minimum atomic E-state index is -0.385. The number of hydrogen-bond donors (Lipinski definition) is 1. The predicted octanol–water partition coefficient (Wildman–Crippen LogP) is 3.53. The zero-order valence-electron chi connectivity index (χ0n) is 9.54. The standard InChI is InChI=1S/C12H10BrFN2OS/c1-7-6-18-12(15-7)16-11(17)5-8-4-9(13)2-3-10(8)14/h2-4,6H,5H2,1H3,(H,15,16,17). The van der Waals surface area contributed by atoms with Crippen molar-refractivity contribution in [2.24, 2.45) is 0 Å². The molecule has 1 amide bonds. The average Bonchev–Trinajstić information content (AvgIpc) is 2.69. The number of aromatic nitrogens is 1. The number of halogens is 2. The van der Waals surface area contributed by atoms with Crippen LogP contribution in [0.4, 0.5) is 9.52 Å². The van der Waals surface area contributed by atoms with Gasteiger partial charge in [-0.3, -0.25) is 4.79 Å². The number of nitrogens with zero attached hydrogens (tertiary/aromatic N) is 1. The lowest BCUT2D eigenvalue weighted by molar-refractivity contribution is -0.115. The Morgan fingerprint density at radius 2 is 2.33 bits per heavy atom. The Labute approximate surface area is 116 Å². The van der Waals surface area contributed by atoms with E-state index in [9.17, 15) is 9.18 Å². The van der Waals surface area contributed by atoms with Crippen molar-refractivity contribution in [1.82, 2.24) is 4.98 Å². The van der Waals surface area contributed by atoms with Crippen molar-refractivity contribution in [2.75, 3.05) is 5.32 Å². The van der Waals surface area contributed by atoms with Gasteiger partial charge in [0.25, 0.3) is 0 Å². The molecule has 1 N–H and O–H groups in total. The first-order valence-electron chi connectivity index (χ1n) is 5.20. The summed E-state index contributed by atoms with van der Waals surface area (Å²) in [5, 5.41) is 5.02. The molecule has 1 heterocycles. The van der Waals surface area contributed by atoms with Gasteiger partial charge in [0.2, 0.25) is 5.91 Å². The van der Waals surface area contributed by atoms with Crippen molar-refractivity contribution in [2.45, 2.75) is 13.3 Å². The second-order valence-corrected chi connectivity index (χ2v) is 5.53. The largest absolute Gasteiger partial charge is 0.302 e. The molecule has 3 nitrogen and oxygen atoms in total. The summed E-state index contributed by atoms with van der Waals surface area (Å²) < 4.78 is 14.2. The third kappa shape index (κ3) is 3.36. The smallest absolute Gasteiger partial charge is 0.230 e. The summed E-state index contributed by atoms with van der Waals surface area (Å²) in [5.41, 5.74) is 1.21. The van der Waals surface area contributed by atoms with E-state index in [0.717, 1.165) is 10.2 Å². The quantitative estimate of drug-likeness (QED) is 0.936. The number of aryl methyl sites for hydroxylation is 1. The molecule has 0 atom stereocenters. The number of carbonyl (C=O) groups is 1. The third-order valence-electron chi connectivity index (χ3n) is 2.22. The van der Waals surface area contributed by atoms with E-state index < -0.39 is 0 Å². The first-order chi connectivity index (χ1) is 8.54. The summed E-state index contributed by atoms with van der Waals surface area (Å²) in [7, 11) is 0. The molecular weight excluding hydrogens is 319 g/mol. The first-order valence-corrected chi connectivity index (χ1v) is 6.88. The van der Waals surface area contributed by atoms with Crippen LogP contribution in [0.15, 0.2) is 28.1 Å². The van der Waals surface area contributed by atoms with Gasteiger partial charge < -0.3 is 5.32 Å². The van der Waals surface area contributed by atoms with Gasteiger partial charge in [0, 0.05) is 9.85 Å². The maximum absolute atomic E-state index is 13.5. The van der Waals surface area contributed by atoms with Gasteiger partial charge in [0.15, 0.2) is 5.13 Å². The molecule has 0 radical (unpaired) electrons. The molecule has 18 heavy (non-hydrogen) atoms. The Balaban J connectivity index is 2.05. The maximum Gasteiger partial charge on any atom is 0.230 e. The Bertz CT molecular complexity index is 585. The second kappa shape index (κ2) is 5.58. The number of nitrogens with one attached hydrogen (secondary N) is 1. The topological polar surface area (TPSA) is 42.0 Å². The molecule has 2 rings (SSSR count). The summed E-state index contributed by atoms with van der Waals surface area (Å²) in [6.07, 6.45) is -0.0100. The SMILES string of the molecule is Cc1csc(NC(=O)Cc2cc(Br)ccc2F)n1. The molecule has 0 spiro atoms.